The second-order valence-corrected chi connectivity index (χ2v) is 9.12. The van der Waals surface area contributed by atoms with Crippen molar-refractivity contribution >= 4 is 0 Å². The first-order valence-corrected chi connectivity index (χ1v) is 10.7. The normalized spacial score (nSPS) is 19.6. The molecule has 1 aliphatic rings. The average molecular weight is 392 g/mol. The molecule has 0 radical (unpaired) electrons. The molecule has 2 aromatic heterocycles. The summed E-state index contributed by atoms with van der Waals surface area (Å²) in [5.74, 6) is 1.77. The fourth-order valence-corrected chi connectivity index (χ4v) is 4.43. The summed E-state index contributed by atoms with van der Waals surface area (Å²) in [6.07, 6.45) is 9.09. The zero-order valence-corrected chi connectivity index (χ0v) is 17.6. The lowest BCUT2D eigenvalue weighted by molar-refractivity contribution is 0.345. The average Bonchev–Trinajstić information content (AvgIpc) is 3.38. The van der Waals surface area contributed by atoms with E-state index < -0.39 is 0 Å². The summed E-state index contributed by atoms with van der Waals surface area (Å²) in [6.45, 7) is 6.86. The van der Waals surface area contributed by atoms with Gasteiger partial charge in [-0.15, -0.1) is 0 Å². The molecule has 0 aliphatic heterocycles. The van der Waals surface area contributed by atoms with Crippen LogP contribution in [0.1, 0.15) is 75.4 Å². The van der Waals surface area contributed by atoms with Gasteiger partial charge in [-0.1, -0.05) is 57.9 Å². The molecule has 2 unspecified atom stereocenters. The number of halogens is 1. The molecule has 3 nitrogen and oxygen atoms in total. The summed E-state index contributed by atoms with van der Waals surface area (Å²) in [5.41, 5.74) is 4.71. The Labute approximate surface area is 172 Å². The Morgan fingerprint density at radius 2 is 1.76 bits per heavy atom. The quantitative estimate of drug-likeness (QED) is 0.512. The van der Waals surface area contributed by atoms with Gasteiger partial charge < -0.3 is 4.98 Å². The molecule has 2 heterocycles. The number of nitrogens with one attached hydrogen (secondary N) is 1. The van der Waals surface area contributed by atoms with Gasteiger partial charge >= 0.3 is 0 Å². The Morgan fingerprint density at radius 3 is 2.45 bits per heavy atom. The first kappa shape index (κ1) is 19.8. The molecule has 0 amide bonds. The fraction of sp³-hybridized carbons (Fsp3) is 0.440. The predicted octanol–water partition coefficient (Wildman–Crippen LogP) is 6.64. The van der Waals surface area contributed by atoms with Gasteiger partial charge in [0.2, 0.25) is 0 Å². The zero-order chi connectivity index (χ0) is 20.4. The van der Waals surface area contributed by atoms with E-state index in [9.17, 15) is 4.39 Å². The summed E-state index contributed by atoms with van der Waals surface area (Å²) in [7, 11) is 0. The Bertz CT molecular complexity index is 941. The molecule has 29 heavy (non-hydrogen) atoms. The van der Waals surface area contributed by atoms with Gasteiger partial charge in [0.15, 0.2) is 0 Å². The van der Waals surface area contributed by atoms with E-state index in [0.717, 1.165) is 29.9 Å². The first-order valence-electron chi connectivity index (χ1n) is 10.7. The number of nitrogens with zero attached hydrogens (tertiary/aromatic N) is 2. The van der Waals surface area contributed by atoms with Crippen LogP contribution in [0.15, 0.2) is 48.8 Å². The molecule has 0 bridgehead atoms. The molecule has 1 fully saturated rings. The number of pyridine rings is 1. The number of H-pyrrole nitrogens is 1. The lowest BCUT2D eigenvalue weighted by Gasteiger charge is -2.21. The molecule has 1 saturated carbocycles. The van der Waals surface area contributed by atoms with Crippen molar-refractivity contribution < 1.29 is 4.39 Å². The van der Waals surface area contributed by atoms with Gasteiger partial charge in [0.1, 0.15) is 11.6 Å². The fourth-order valence-electron chi connectivity index (χ4n) is 4.43. The van der Waals surface area contributed by atoms with Crippen LogP contribution in [0.3, 0.4) is 0 Å². The van der Waals surface area contributed by atoms with Crippen molar-refractivity contribution in [2.24, 2.45) is 5.41 Å². The largest absolute Gasteiger partial charge is 0.346 e. The third-order valence-corrected chi connectivity index (χ3v) is 6.50. The van der Waals surface area contributed by atoms with Crippen LogP contribution in [0.5, 0.6) is 0 Å². The van der Waals surface area contributed by atoms with Gasteiger partial charge in [-0.3, -0.25) is 4.98 Å². The van der Waals surface area contributed by atoms with Gasteiger partial charge in [-0.25, -0.2) is 9.37 Å². The van der Waals surface area contributed by atoms with Crippen molar-refractivity contribution in [3.63, 3.8) is 0 Å². The van der Waals surface area contributed by atoms with Crippen LogP contribution in [0, 0.1) is 11.2 Å². The topological polar surface area (TPSA) is 41.6 Å². The highest BCUT2D eigenvalue weighted by Crippen LogP contribution is 2.45. The molecule has 2 atom stereocenters. The second kappa shape index (κ2) is 8.10. The highest BCUT2D eigenvalue weighted by Gasteiger charge is 2.32. The highest BCUT2D eigenvalue weighted by atomic mass is 19.1. The molecule has 152 valence electrons. The summed E-state index contributed by atoms with van der Waals surface area (Å²) in [4.78, 5) is 12.6. The summed E-state index contributed by atoms with van der Waals surface area (Å²) >= 11 is 0. The Morgan fingerprint density at radius 1 is 1.00 bits per heavy atom. The minimum absolute atomic E-state index is 0.295. The highest BCUT2D eigenvalue weighted by molar-refractivity contribution is 5.59. The third-order valence-electron chi connectivity index (χ3n) is 6.50. The molecule has 1 N–H and O–H groups in total. The lowest BCUT2D eigenvalue weighted by Crippen LogP contribution is -2.13. The molecular formula is C25H30FN3. The van der Waals surface area contributed by atoms with Crippen LogP contribution in [-0.2, 0) is 6.42 Å². The van der Waals surface area contributed by atoms with Crippen molar-refractivity contribution in [1.29, 1.82) is 0 Å². The predicted molar refractivity (Wildman–Crippen MR) is 115 cm³/mol. The SMILES string of the molecule is CCC(C)(C)Cc1cnc(C2CCCC2c2ccc(-c3ccc(F)cn3)cc2)[nH]1. The summed E-state index contributed by atoms with van der Waals surface area (Å²) in [6, 6.07) is 11.8. The summed E-state index contributed by atoms with van der Waals surface area (Å²) in [5, 5.41) is 0. The van der Waals surface area contributed by atoms with E-state index in [0.29, 0.717) is 17.3 Å². The number of hydrogen-bond donors (Lipinski definition) is 1. The van der Waals surface area contributed by atoms with Gasteiger partial charge in [0, 0.05) is 23.4 Å². The molecule has 0 spiro atoms. The van der Waals surface area contributed by atoms with Crippen LogP contribution < -0.4 is 0 Å². The van der Waals surface area contributed by atoms with Crippen LogP contribution in [-0.4, -0.2) is 15.0 Å². The van der Waals surface area contributed by atoms with Crippen molar-refractivity contribution in [3.05, 3.63) is 71.7 Å². The number of aromatic amines is 1. The van der Waals surface area contributed by atoms with Crippen LogP contribution >= 0.6 is 0 Å². The van der Waals surface area contributed by atoms with Crippen LogP contribution in [0.2, 0.25) is 0 Å². The second-order valence-electron chi connectivity index (χ2n) is 9.12. The van der Waals surface area contributed by atoms with E-state index in [1.165, 1.54) is 42.8 Å². The molecule has 3 aromatic rings. The molecule has 1 aliphatic carbocycles. The van der Waals surface area contributed by atoms with E-state index in [2.05, 4.69) is 55.0 Å². The van der Waals surface area contributed by atoms with E-state index in [-0.39, 0.29) is 5.82 Å². The number of hydrogen-bond acceptors (Lipinski definition) is 2. The molecular weight excluding hydrogens is 361 g/mol. The van der Waals surface area contributed by atoms with Crippen LogP contribution in [0.4, 0.5) is 4.39 Å². The number of aromatic nitrogens is 3. The molecule has 1 aromatic carbocycles. The minimum Gasteiger partial charge on any atom is -0.346 e. The number of benzene rings is 1. The smallest absolute Gasteiger partial charge is 0.141 e. The Hall–Kier alpha value is -2.49. The molecule has 4 heteroatoms. The van der Waals surface area contributed by atoms with Gasteiger partial charge in [-0.05, 0) is 48.3 Å². The van der Waals surface area contributed by atoms with Crippen molar-refractivity contribution in [2.75, 3.05) is 0 Å². The van der Waals surface area contributed by atoms with Gasteiger partial charge in [0.25, 0.3) is 0 Å². The Kier molecular flexibility index (Phi) is 5.53. The van der Waals surface area contributed by atoms with E-state index in [1.807, 2.05) is 6.20 Å². The monoisotopic (exact) mass is 391 g/mol. The van der Waals surface area contributed by atoms with Gasteiger partial charge in [-0.2, -0.15) is 0 Å². The number of imidazole rings is 1. The van der Waals surface area contributed by atoms with Gasteiger partial charge in [0.05, 0.1) is 11.9 Å². The maximum absolute atomic E-state index is 13.1. The third kappa shape index (κ3) is 4.42. The lowest BCUT2D eigenvalue weighted by atomic mass is 9.85. The summed E-state index contributed by atoms with van der Waals surface area (Å²) < 4.78 is 13.1. The van der Waals surface area contributed by atoms with Crippen molar-refractivity contribution in [3.8, 4) is 11.3 Å². The standard InChI is InChI=1S/C25H30FN3/c1-4-25(2,3)14-20-16-28-24(29-20)22-7-5-6-21(22)17-8-10-18(11-9-17)23-13-12-19(26)15-27-23/h8-13,15-16,21-22H,4-7,14H2,1-3H3,(H,28,29). The number of rotatable bonds is 6. The minimum atomic E-state index is -0.306. The van der Waals surface area contributed by atoms with Crippen molar-refractivity contribution in [1.82, 2.24) is 15.0 Å². The maximum atomic E-state index is 13.1. The molecule has 0 saturated heterocycles. The zero-order valence-electron chi connectivity index (χ0n) is 17.6. The van der Waals surface area contributed by atoms with E-state index in [4.69, 9.17) is 4.98 Å². The first-order chi connectivity index (χ1) is 13.9. The molecule has 4 rings (SSSR count). The van der Waals surface area contributed by atoms with Crippen molar-refractivity contribution in [2.45, 2.75) is 64.7 Å². The van der Waals surface area contributed by atoms with Crippen LogP contribution in [0.25, 0.3) is 11.3 Å². The maximum Gasteiger partial charge on any atom is 0.141 e. The van der Waals surface area contributed by atoms with E-state index in [1.54, 1.807) is 6.07 Å². The van der Waals surface area contributed by atoms with E-state index >= 15 is 0 Å². The Balaban J connectivity index is 1.51.